The van der Waals surface area contributed by atoms with Crippen LogP contribution in [-0.4, -0.2) is 13.1 Å². The van der Waals surface area contributed by atoms with Crippen molar-refractivity contribution in [3.05, 3.63) is 29.6 Å². The van der Waals surface area contributed by atoms with Gasteiger partial charge in [0.1, 0.15) is 5.82 Å². The first-order valence-electron chi connectivity index (χ1n) is 5.80. The summed E-state index contributed by atoms with van der Waals surface area (Å²) in [6.45, 7) is 4.29. The molecule has 0 saturated carbocycles. The first-order valence-corrected chi connectivity index (χ1v) is 6.34. The highest BCUT2D eigenvalue weighted by Crippen LogP contribution is 2.28. The van der Waals surface area contributed by atoms with Crippen molar-refractivity contribution in [2.24, 2.45) is 5.92 Å². The number of halogens is 2. The maximum Gasteiger partial charge on any atom is 0.129 e. The summed E-state index contributed by atoms with van der Waals surface area (Å²) < 4.78 is 13.6. The molecule has 0 spiro atoms. The molecule has 88 valence electrons. The number of nitrogens with zero attached hydrogens (tertiary/aromatic N) is 1. The van der Waals surface area contributed by atoms with Crippen LogP contribution in [0.15, 0.2) is 18.2 Å². The second-order valence-electron chi connectivity index (χ2n) is 4.54. The summed E-state index contributed by atoms with van der Waals surface area (Å²) >= 11 is 5.82. The van der Waals surface area contributed by atoms with Gasteiger partial charge in [0.2, 0.25) is 0 Å². The van der Waals surface area contributed by atoms with Crippen LogP contribution in [0.5, 0.6) is 0 Å². The Kier molecular flexibility index (Phi) is 3.70. The average Bonchev–Trinajstić information content (AvgIpc) is 2.30. The van der Waals surface area contributed by atoms with E-state index >= 15 is 0 Å². The first kappa shape index (κ1) is 11.7. The zero-order chi connectivity index (χ0) is 11.5. The summed E-state index contributed by atoms with van der Waals surface area (Å²) in [4.78, 5) is 2.25. The molecule has 16 heavy (non-hydrogen) atoms. The van der Waals surface area contributed by atoms with Crippen LogP contribution < -0.4 is 4.90 Å². The third-order valence-corrected chi connectivity index (χ3v) is 3.62. The van der Waals surface area contributed by atoms with Crippen molar-refractivity contribution in [3.8, 4) is 0 Å². The number of hydrogen-bond donors (Lipinski definition) is 0. The zero-order valence-corrected chi connectivity index (χ0v) is 10.3. The fourth-order valence-corrected chi connectivity index (χ4v) is 2.49. The lowest BCUT2D eigenvalue weighted by atomic mass is 9.98. The van der Waals surface area contributed by atoms with E-state index < -0.39 is 0 Å². The highest BCUT2D eigenvalue weighted by atomic mass is 35.5. The molecule has 0 unspecified atom stereocenters. The molecule has 0 amide bonds. The van der Waals surface area contributed by atoms with Crippen LogP contribution in [0, 0.1) is 11.7 Å². The summed E-state index contributed by atoms with van der Waals surface area (Å²) in [7, 11) is 0. The largest absolute Gasteiger partial charge is 0.371 e. The number of anilines is 1. The van der Waals surface area contributed by atoms with E-state index in [1.165, 1.54) is 18.9 Å². The van der Waals surface area contributed by atoms with Gasteiger partial charge in [-0.2, -0.15) is 0 Å². The molecule has 1 fully saturated rings. The second kappa shape index (κ2) is 5.05. The lowest BCUT2D eigenvalue weighted by Crippen LogP contribution is -2.33. The van der Waals surface area contributed by atoms with Crippen molar-refractivity contribution in [3.63, 3.8) is 0 Å². The Labute approximate surface area is 101 Å². The number of hydrogen-bond acceptors (Lipinski definition) is 1. The molecule has 0 radical (unpaired) electrons. The van der Waals surface area contributed by atoms with Crippen LogP contribution in [0.25, 0.3) is 0 Å². The van der Waals surface area contributed by atoms with Crippen LogP contribution in [0.3, 0.4) is 0 Å². The van der Waals surface area contributed by atoms with E-state index in [1.807, 2.05) is 6.07 Å². The SMILES string of the molecule is CC1CCN(c2cccc(F)c2CCl)CC1. The molecule has 3 heteroatoms. The Hall–Kier alpha value is -0.760. The van der Waals surface area contributed by atoms with Gasteiger partial charge in [-0.25, -0.2) is 4.39 Å². The maximum absolute atomic E-state index is 13.6. The molecule has 0 aliphatic carbocycles. The summed E-state index contributed by atoms with van der Waals surface area (Å²) in [5.74, 6) is 0.837. The molecule has 1 aliphatic heterocycles. The lowest BCUT2D eigenvalue weighted by molar-refractivity contribution is 0.437. The van der Waals surface area contributed by atoms with Gasteiger partial charge in [0.25, 0.3) is 0 Å². The number of benzene rings is 1. The summed E-state index contributed by atoms with van der Waals surface area (Å²) in [6, 6.07) is 5.21. The van der Waals surface area contributed by atoms with Gasteiger partial charge in [0.15, 0.2) is 0 Å². The molecule has 0 atom stereocenters. The molecule has 1 saturated heterocycles. The summed E-state index contributed by atoms with van der Waals surface area (Å²) in [5, 5.41) is 0. The predicted octanol–water partition coefficient (Wildman–Crippen LogP) is 3.80. The topological polar surface area (TPSA) is 3.24 Å². The molecule has 0 aromatic heterocycles. The van der Waals surface area contributed by atoms with Crippen molar-refractivity contribution >= 4 is 17.3 Å². The molecular weight excluding hydrogens is 225 g/mol. The van der Waals surface area contributed by atoms with E-state index in [1.54, 1.807) is 6.07 Å². The Balaban J connectivity index is 2.23. The molecule has 1 aromatic carbocycles. The number of rotatable bonds is 2. The molecule has 1 aromatic rings. The van der Waals surface area contributed by atoms with Crippen LogP contribution >= 0.6 is 11.6 Å². The number of alkyl halides is 1. The fourth-order valence-electron chi connectivity index (χ4n) is 2.23. The van der Waals surface area contributed by atoms with Crippen molar-refractivity contribution in [2.45, 2.75) is 25.6 Å². The maximum atomic E-state index is 13.6. The molecule has 0 bridgehead atoms. The van der Waals surface area contributed by atoms with Crippen molar-refractivity contribution < 1.29 is 4.39 Å². The lowest BCUT2D eigenvalue weighted by Gasteiger charge is -2.33. The Morgan fingerprint density at radius 1 is 1.38 bits per heavy atom. The van der Waals surface area contributed by atoms with E-state index in [2.05, 4.69) is 11.8 Å². The van der Waals surface area contributed by atoms with E-state index in [4.69, 9.17) is 11.6 Å². The summed E-state index contributed by atoms with van der Waals surface area (Å²) in [5.41, 5.74) is 1.61. The number of piperidine rings is 1. The monoisotopic (exact) mass is 241 g/mol. The Morgan fingerprint density at radius 2 is 2.06 bits per heavy atom. The molecule has 2 rings (SSSR count). The second-order valence-corrected chi connectivity index (χ2v) is 4.81. The molecule has 1 heterocycles. The van der Waals surface area contributed by atoms with Crippen LogP contribution in [0.4, 0.5) is 10.1 Å². The minimum atomic E-state index is -0.189. The van der Waals surface area contributed by atoms with Gasteiger partial charge in [0, 0.05) is 24.3 Å². The predicted molar refractivity (Wildman–Crippen MR) is 66.6 cm³/mol. The van der Waals surface area contributed by atoms with Gasteiger partial charge < -0.3 is 4.90 Å². The van der Waals surface area contributed by atoms with Crippen LogP contribution in [-0.2, 0) is 5.88 Å². The quantitative estimate of drug-likeness (QED) is 0.712. The molecular formula is C13H17ClFN. The Morgan fingerprint density at radius 3 is 2.69 bits per heavy atom. The summed E-state index contributed by atoms with van der Waals surface area (Å²) in [6.07, 6.45) is 2.36. The zero-order valence-electron chi connectivity index (χ0n) is 9.55. The third-order valence-electron chi connectivity index (χ3n) is 3.35. The van der Waals surface area contributed by atoms with Gasteiger partial charge in [-0.15, -0.1) is 11.6 Å². The van der Waals surface area contributed by atoms with Crippen molar-refractivity contribution in [2.75, 3.05) is 18.0 Å². The van der Waals surface area contributed by atoms with Gasteiger partial charge in [-0.1, -0.05) is 13.0 Å². The van der Waals surface area contributed by atoms with Crippen molar-refractivity contribution in [1.82, 2.24) is 0 Å². The van der Waals surface area contributed by atoms with Crippen LogP contribution in [0.1, 0.15) is 25.3 Å². The normalized spacial score (nSPS) is 17.8. The van der Waals surface area contributed by atoms with E-state index in [0.717, 1.165) is 24.7 Å². The van der Waals surface area contributed by atoms with Crippen molar-refractivity contribution in [1.29, 1.82) is 0 Å². The minimum Gasteiger partial charge on any atom is -0.371 e. The molecule has 0 N–H and O–H groups in total. The highest BCUT2D eigenvalue weighted by Gasteiger charge is 2.19. The van der Waals surface area contributed by atoms with E-state index in [-0.39, 0.29) is 11.7 Å². The fraction of sp³-hybridized carbons (Fsp3) is 0.538. The Bertz CT molecular complexity index is 359. The molecule has 1 aliphatic rings. The molecule has 1 nitrogen and oxygen atoms in total. The average molecular weight is 242 g/mol. The first-order chi connectivity index (χ1) is 7.72. The van der Waals surface area contributed by atoms with Gasteiger partial charge >= 0.3 is 0 Å². The standard InChI is InChI=1S/C13H17ClFN/c1-10-5-7-16(8-6-10)13-4-2-3-12(15)11(13)9-14/h2-4,10H,5-9H2,1H3. The van der Waals surface area contributed by atoms with Gasteiger partial charge in [-0.3, -0.25) is 0 Å². The van der Waals surface area contributed by atoms with E-state index in [0.29, 0.717) is 5.56 Å². The minimum absolute atomic E-state index is 0.189. The van der Waals surface area contributed by atoms with E-state index in [9.17, 15) is 4.39 Å². The smallest absolute Gasteiger partial charge is 0.129 e. The highest BCUT2D eigenvalue weighted by molar-refractivity contribution is 6.17. The van der Waals surface area contributed by atoms with Gasteiger partial charge in [-0.05, 0) is 30.9 Å². The van der Waals surface area contributed by atoms with Crippen LogP contribution in [0.2, 0.25) is 0 Å². The third kappa shape index (κ3) is 2.32. The van der Waals surface area contributed by atoms with Gasteiger partial charge in [0.05, 0.1) is 5.88 Å².